The molecule has 7 heteroatoms. The summed E-state index contributed by atoms with van der Waals surface area (Å²) in [6.45, 7) is 1.96. The van der Waals surface area contributed by atoms with Gasteiger partial charge in [0.15, 0.2) is 0 Å². The molecule has 0 saturated heterocycles. The quantitative estimate of drug-likeness (QED) is 0.530. The van der Waals surface area contributed by atoms with Crippen LogP contribution in [0.4, 0.5) is 0 Å². The Labute approximate surface area is 152 Å². The third-order valence-corrected chi connectivity index (χ3v) is 5.38. The molecule has 2 heterocycles. The summed E-state index contributed by atoms with van der Waals surface area (Å²) >= 11 is 7.84. The van der Waals surface area contributed by atoms with E-state index in [0.717, 1.165) is 26.4 Å². The summed E-state index contributed by atoms with van der Waals surface area (Å²) in [7, 11) is 3.30. The van der Waals surface area contributed by atoms with Crippen LogP contribution in [0.5, 0.6) is 5.75 Å². The first-order valence-corrected chi connectivity index (χ1v) is 8.78. The van der Waals surface area contributed by atoms with Crippen molar-refractivity contribution in [2.24, 2.45) is 7.05 Å². The fraction of sp³-hybridized carbons (Fsp3) is 0.167. The Bertz CT molecular complexity index is 1200. The van der Waals surface area contributed by atoms with Crippen LogP contribution in [0.15, 0.2) is 35.4 Å². The molecular formula is C18H14ClN3O2S. The number of ether oxygens (including phenoxy) is 1. The molecule has 2 aromatic heterocycles. The van der Waals surface area contributed by atoms with Gasteiger partial charge in [-0.15, -0.1) is 11.3 Å². The molecule has 25 heavy (non-hydrogen) atoms. The van der Waals surface area contributed by atoms with E-state index in [1.54, 1.807) is 20.2 Å². The van der Waals surface area contributed by atoms with Gasteiger partial charge in [0.2, 0.25) is 0 Å². The van der Waals surface area contributed by atoms with E-state index >= 15 is 0 Å². The predicted octanol–water partition coefficient (Wildman–Crippen LogP) is 4.18. The molecule has 4 rings (SSSR count). The van der Waals surface area contributed by atoms with Gasteiger partial charge in [-0.2, -0.15) is 0 Å². The molecule has 0 spiro atoms. The highest BCUT2D eigenvalue weighted by Crippen LogP contribution is 2.38. The zero-order chi connectivity index (χ0) is 17.7. The molecule has 0 fully saturated rings. The van der Waals surface area contributed by atoms with Crippen LogP contribution >= 0.6 is 22.9 Å². The highest BCUT2D eigenvalue weighted by atomic mass is 35.5. The Morgan fingerprint density at radius 1 is 1.20 bits per heavy atom. The first kappa shape index (κ1) is 16.1. The van der Waals surface area contributed by atoms with Crippen molar-refractivity contribution >= 4 is 44.1 Å². The lowest BCUT2D eigenvalue weighted by Crippen LogP contribution is -2.17. The molecule has 0 radical (unpaired) electrons. The number of thiazole rings is 1. The second kappa shape index (κ2) is 5.82. The minimum Gasteiger partial charge on any atom is -0.497 e. The number of hydrogen-bond acceptors (Lipinski definition) is 5. The second-order valence-electron chi connectivity index (χ2n) is 5.84. The summed E-state index contributed by atoms with van der Waals surface area (Å²) in [6.07, 6.45) is 1.53. The van der Waals surface area contributed by atoms with Crippen LogP contribution in [0.2, 0.25) is 5.02 Å². The third kappa shape index (κ3) is 2.58. The highest BCUT2D eigenvalue weighted by molar-refractivity contribution is 7.21. The van der Waals surface area contributed by atoms with E-state index in [-0.39, 0.29) is 5.56 Å². The zero-order valence-electron chi connectivity index (χ0n) is 13.8. The normalized spacial score (nSPS) is 11.4. The fourth-order valence-corrected chi connectivity index (χ4v) is 4.17. The maximum Gasteiger partial charge on any atom is 0.260 e. The van der Waals surface area contributed by atoms with Crippen molar-refractivity contribution in [2.45, 2.75) is 6.92 Å². The van der Waals surface area contributed by atoms with Gasteiger partial charge >= 0.3 is 0 Å². The first-order valence-electron chi connectivity index (χ1n) is 7.58. The van der Waals surface area contributed by atoms with Crippen LogP contribution in [0, 0.1) is 6.92 Å². The molecule has 0 atom stereocenters. The Morgan fingerprint density at radius 2 is 2.00 bits per heavy atom. The fourth-order valence-electron chi connectivity index (χ4n) is 2.83. The van der Waals surface area contributed by atoms with E-state index in [2.05, 4.69) is 9.97 Å². The van der Waals surface area contributed by atoms with Crippen molar-refractivity contribution < 1.29 is 4.74 Å². The van der Waals surface area contributed by atoms with Gasteiger partial charge in [-0.1, -0.05) is 11.6 Å². The Kier molecular flexibility index (Phi) is 3.74. The SMILES string of the molecule is COc1cc(Cl)c2nc(-c3cc(C)cc4c(=O)n(C)cnc34)sc2c1. The molecule has 4 aromatic rings. The number of halogens is 1. The molecule has 0 saturated carbocycles. The number of fused-ring (bicyclic) bond motifs is 2. The lowest BCUT2D eigenvalue weighted by atomic mass is 10.1. The summed E-state index contributed by atoms with van der Waals surface area (Å²) in [6, 6.07) is 7.51. The second-order valence-corrected chi connectivity index (χ2v) is 7.28. The summed E-state index contributed by atoms with van der Waals surface area (Å²) in [5.74, 6) is 0.689. The largest absolute Gasteiger partial charge is 0.497 e. The van der Waals surface area contributed by atoms with Gasteiger partial charge in [0.25, 0.3) is 5.56 Å². The van der Waals surface area contributed by atoms with Gasteiger partial charge in [0.05, 0.1) is 34.1 Å². The number of nitrogens with zero attached hydrogens (tertiary/aromatic N) is 3. The van der Waals surface area contributed by atoms with Crippen LogP contribution in [0.1, 0.15) is 5.56 Å². The third-order valence-electron chi connectivity index (χ3n) is 4.05. The van der Waals surface area contributed by atoms with Gasteiger partial charge in [0.1, 0.15) is 16.3 Å². The molecule has 0 unspecified atom stereocenters. The molecule has 0 aliphatic rings. The van der Waals surface area contributed by atoms with Crippen molar-refractivity contribution in [3.63, 3.8) is 0 Å². The van der Waals surface area contributed by atoms with Crippen LogP contribution in [0.25, 0.3) is 31.7 Å². The van der Waals surface area contributed by atoms with Crippen molar-refractivity contribution in [1.82, 2.24) is 14.5 Å². The Morgan fingerprint density at radius 3 is 2.76 bits per heavy atom. The number of aromatic nitrogens is 3. The number of benzene rings is 2. The van der Waals surface area contributed by atoms with Crippen LogP contribution < -0.4 is 10.3 Å². The van der Waals surface area contributed by atoms with Gasteiger partial charge in [-0.05, 0) is 30.7 Å². The first-order chi connectivity index (χ1) is 12.0. The van der Waals surface area contributed by atoms with E-state index in [0.29, 0.717) is 21.7 Å². The van der Waals surface area contributed by atoms with Crippen LogP contribution in [-0.4, -0.2) is 21.6 Å². The highest BCUT2D eigenvalue weighted by Gasteiger charge is 2.16. The van der Waals surface area contributed by atoms with E-state index in [1.807, 2.05) is 25.1 Å². The smallest absolute Gasteiger partial charge is 0.260 e. The lowest BCUT2D eigenvalue weighted by Gasteiger charge is -2.06. The average molecular weight is 372 g/mol. The van der Waals surface area contributed by atoms with E-state index in [4.69, 9.17) is 16.3 Å². The molecular weight excluding hydrogens is 358 g/mol. The number of hydrogen-bond donors (Lipinski definition) is 0. The van der Waals surface area contributed by atoms with Crippen molar-refractivity contribution in [3.05, 3.63) is 51.5 Å². The molecule has 0 N–H and O–H groups in total. The maximum absolute atomic E-state index is 12.4. The molecule has 5 nitrogen and oxygen atoms in total. The van der Waals surface area contributed by atoms with Crippen molar-refractivity contribution in [3.8, 4) is 16.3 Å². The standard InChI is InChI=1S/C18H14ClN3O2S/c1-9-4-11(15-12(5-9)18(23)22(2)8-20-15)17-21-16-13(19)6-10(24-3)7-14(16)25-17/h4-8H,1-3H3. The molecule has 0 aliphatic carbocycles. The van der Waals surface area contributed by atoms with Crippen molar-refractivity contribution in [1.29, 1.82) is 0 Å². The summed E-state index contributed by atoms with van der Waals surface area (Å²) in [5.41, 5.74) is 3.12. The zero-order valence-corrected chi connectivity index (χ0v) is 15.4. The number of aryl methyl sites for hydroxylation is 2. The minimum absolute atomic E-state index is 0.0734. The molecule has 0 amide bonds. The van der Waals surface area contributed by atoms with E-state index in [1.165, 1.54) is 22.2 Å². The van der Waals surface area contributed by atoms with Crippen LogP contribution in [-0.2, 0) is 7.05 Å². The van der Waals surface area contributed by atoms with Gasteiger partial charge < -0.3 is 9.30 Å². The number of rotatable bonds is 2. The topological polar surface area (TPSA) is 57.0 Å². The van der Waals surface area contributed by atoms with Gasteiger partial charge in [0, 0.05) is 18.7 Å². The monoisotopic (exact) mass is 371 g/mol. The lowest BCUT2D eigenvalue weighted by molar-refractivity contribution is 0.415. The van der Waals surface area contributed by atoms with Gasteiger partial charge in [-0.3, -0.25) is 4.79 Å². The molecule has 126 valence electrons. The van der Waals surface area contributed by atoms with E-state index < -0.39 is 0 Å². The molecule has 2 aromatic carbocycles. The van der Waals surface area contributed by atoms with Crippen molar-refractivity contribution in [2.75, 3.05) is 7.11 Å². The predicted molar refractivity (Wildman–Crippen MR) is 102 cm³/mol. The minimum atomic E-state index is -0.0734. The Balaban J connectivity index is 2.05. The summed E-state index contributed by atoms with van der Waals surface area (Å²) in [5, 5.41) is 1.90. The maximum atomic E-state index is 12.4. The van der Waals surface area contributed by atoms with E-state index in [9.17, 15) is 4.79 Å². The van der Waals surface area contributed by atoms with Crippen LogP contribution in [0.3, 0.4) is 0 Å². The molecule has 0 bridgehead atoms. The number of methoxy groups -OCH3 is 1. The average Bonchev–Trinajstić information content (AvgIpc) is 3.02. The molecule has 0 aliphatic heterocycles. The Hall–Kier alpha value is -2.44. The van der Waals surface area contributed by atoms with Gasteiger partial charge in [-0.25, -0.2) is 9.97 Å². The summed E-state index contributed by atoms with van der Waals surface area (Å²) in [4.78, 5) is 21.6. The summed E-state index contributed by atoms with van der Waals surface area (Å²) < 4.78 is 7.68.